The van der Waals surface area contributed by atoms with Crippen LogP contribution < -0.4 is 0 Å². The van der Waals surface area contributed by atoms with E-state index in [1.54, 1.807) is 0 Å². The van der Waals surface area contributed by atoms with Crippen LogP contribution in [0.15, 0.2) is 35.2 Å². The highest BCUT2D eigenvalue weighted by Gasteiger charge is 2.28. The van der Waals surface area contributed by atoms with Crippen molar-refractivity contribution in [1.29, 1.82) is 0 Å². The van der Waals surface area contributed by atoms with Crippen LogP contribution in [0.5, 0.6) is 0 Å². The summed E-state index contributed by atoms with van der Waals surface area (Å²) < 4.78 is 2.02. The van der Waals surface area contributed by atoms with Crippen molar-refractivity contribution in [2.75, 3.05) is 0 Å². The molecule has 3 rings (SSSR count). The average molecular weight is 302 g/mol. The van der Waals surface area contributed by atoms with E-state index in [2.05, 4.69) is 49.3 Å². The van der Waals surface area contributed by atoms with Gasteiger partial charge in [-0.3, -0.25) is 4.68 Å². The summed E-state index contributed by atoms with van der Waals surface area (Å²) in [6.45, 7) is 5.08. The Morgan fingerprint density at radius 2 is 2.19 bits per heavy atom. The molecule has 1 aliphatic rings. The lowest BCUT2D eigenvalue weighted by atomic mass is 10.0. The Balaban J connectivity index is 1.70. The first-order chi connectivity index (χ1) is 10.2. The van der Waals surface area contributed by atoms with E-state index in [0.29, 0.717) is 6.42 Å². The maximum atomic E-state index is 10.6. The SMILES string of the molecule is CCc1cc(CC(O)C2Cc3ccccc3S2)n(CC)n1. The van der Waals surface area contributed by atoms with Crippen LogP contribution in [0.25, 0.3) is 0 Å². The second-order valence-corrected chi connectivity index (χ2v) is 6.82. The number of rotatable bonds is 5. The van der Waals surface area contributed by atoms with Crippen LogP contribution >= 0.6 is 11.8 Å². The molecule has 0 radical (unpaired) electrons. The van der Waals surface area contributed by atoms with Gasteiger partial charge < -0.3 is 5.11 Å². The highest BCUT2D eigenvalue weighted by atomic mass is 32.2. The van der Waals surface area contributed by atoms with Crippen molar-refractivity contribution in [1.82, 2.24) is 9.78 Å². The second-order valence-electron chi connectivity index (χ2n) is 5.54. The number of fused-ring (bicyclic) bond motifs is 1. The van der Waals surface area contributed by atoms with Gasteiger partial charge >= 0.3 is 0 Å². The first-order valence-corrected chi connectivity index (χ1v) is 8.57. The Bertz CT molecular complexity index is 598. The van der Waals surface area contributed by atoms with Crippen molar-refractivity contribution in [3.8, 4) is 0 Å². The van der Waals surface area contributed by atoms with Gasteiger partial charge in [0.1, 0.15) is 0 Å². The summed E-state index contributed by atoms with van der Waals surface area (Å²) in [6.07, 6.45) is 2.27. The van der Waals surface area contributed by atoms with Gasteiger partial charge in [-0.15, -0.1) is 11.8 Å². The number of thioether (sulfide) groups is 1. The van der Waals surface area contributed by atoms with Gasteiger partial charge in [-0.2, -0.15) is 5.10 Å². The number of aliphatic hydroxyl groups excluding tert-OH is 1. The highest BCUT2D eigenvalue weighted by molar-refractivity contribution is 8.00. The van der Waals surface area contributed by atoms with E-state index in [1.165, 1.54) is 10.5 Å². The quantitative estimate of drug-likeness (QED) is 0.922. The molecule has 0 saturated carbocycles. The predicted molar refractivity (Wildman–Crippen MR) is 86.8 cm³/mol. The fourth-order valence-corrected chi connectivity index (χ4v) is 4.20. The van der Waals surface area contributed by atoms with Crippen LogP contribution in [0, 0.1) is 0 Å². The fourth-order valence-electron chi connectivity index (χ4n) is 2.90. The molecule has 4 heteroatoms. The van der Waals surface area contributed by atoms with E-state index < -0.39 is 0 Å². The summed E-state index contributed by atoms with van der Waals surface area (Å²) in [6, 6.07) is 10.6. The lowest BCUT2D eigenvalue weighted by molar-refractivity contribution is 0.169. The predicted octanol–water partition coefficient (Wildman–Crippen LogP) is 3.09. The summed E-state index contributed by atoms with van der Waals surface area (Å²) >= 11 is 1.81. The summed E-state index contributed by atoms with van der Waals surface area (Å²) in [4.78, 5) is 1.32. The van der Waals surface area contributed by atoms with Gasteiger partial charge in [0.2, 0.25) is 0 Å². The molecule has 0 aliphatic carbocycles. The van der Waals surface area contributed by atoms with E-state index in [1.807, 2.05) is 16.4 Å². The molecule has 0 saturated heterocycles. The molecule has 2 unspecified atom stereocenters. The maximum absolute atomic E-state index is 10.6. The molecule has 21 heavy (non-hydrogen) atoms. The summed E-state index contributed by atoms with van der Waals surface area (Å²) in [5, 5.41) is 15.4. The molecule has 0 fully saturated rings. The third-order valence-corrected chi connectivity index (χ3v) is 5.53. The van der Waals surface area contributed by atoms with Crippen molar-refractivity contribution in [2.24, 2.45) is 0 Å². The van der Waals surface area contributed by atoms with Crippen molar-refractivity contribution in [3.05, 3.63) is 47.3 Å². The third kappa shape index (κ3) is 3.01. The van der Waals surface area contributed by atoms with Crippen molar-refractivity contribution < 1.29 is 5.11 Å². The van der Waals surface area contributed by atoms with Crippen molar-refractivity contribution in [2.45, 2.75) is 55.9 Å². The number of nitrogens with zero attached hydrogens (tertiary/aromatic N) is 2. The molecule has 2 aromatic rings. The topological polar surface area (TPSA) is 38.0 Å². The van der Waals surface area contributed by atoms with E-state index >= 15 is 0 Å². The monoisotopic (exact) mass is 302 g/mol. The largest absolute Gasteiger partial charge is 0.392 e. The van der Waals surface area contributed by atoms with Crippen LogP contribution in [-0.2, 0) is 25.8 Å². The van der Waals surface area contributed by atoms with Gasteiger partial charge in [0, 0.05) is 28.8 Å². The number of aliphatic hydroxyl groups is 1. The molecule has 0 bridgehead atoms. The minimum Gasteiger partial charge on any atom is -0.392 e. The smallest absolute Gasteiger partial charge is 0.0720 e. The van der Waals surface area contributed by atoms with E-state index in [0.717, 1.165) is 30.8 Å². The molecule has 1 aliphatic heterocycles. The Hall–Kier alpha value is -1.26. The average Bonchev–Trinajstić information content (AvgIpc) is 3.10. The zero-order valence-corrected chi connectivity index (χ0v) is 13.4. The minimum absolute atomic E-state index is 0.257. The molecule has 0 amide bonds. The van der Waals surface area contributed by atoms with Gasteiger partial charge in [0.25, 0.3) is 0 Å². The second kappa shape index (κ2) is 6.24. The Morgan fingerprint density at radius 3 is 2.90 bits per heavy atom. The third-order valence-electron chi connectivity index (χ3n) is 4.10. The lowest BCUT2D eigenvalue weighted by Gasteiger charge is -2.17. The zero-order valence-electron chi connectivity index (χ0n) is 12.6. The van der Waals surface area contributed by atoms with Crippen LogP contribution in [0.2, 0.25) is 0 Å². The molecular formula is C17H22N2OS. The first kappa shape index (κ1) is 14.7. The molecule has 1 N–H and O–H groups in total. The molecule has 0 spiro atoms. The van der Waals surface area contributed by atoms with E-state index in [9.17, 15) is 5.11 Å². The number of benzene rings is 1. The summed E-state index contributed by atoms with van der Waals surface area (Å²) in [5.41, 5.74) is 3.63. The number of aromatic nitrogens is 2. The molecule has 1 aromatic carbocycles. The normalized spacial score (nSPS) is 18.7. The molecule has 1 aromatic heterocycles. The zero-order chi connectivity index (χ0) is 14.8. The van der Waals surface area contributed by atoms with Gasteiger partial charge in [0.05, 0.1) is 11.8 Å². The Morgan fingerprint density at radius 1 is 1.38 bits per heavy atom. The van der Waals surface area contributed by atoms with Gasteiger partial charge in [-0.05, 0) is 37.5 Å². The van der Waals surface area contributed by atoms with Crippen LogP contribution in [0.4, 0.5) is 0 Å². The Labute approximate surface area is 130 Å². The van der Waals surface area contributed by atoms with E-state index in [4.69, 9.17) is 0 Å². The highest BCUT2D eigenvalue weighted by Crippen LogP contribution is 2.38. The van der Waals surface area contributed by atoms with Gasteiger partial charge in [-0.25, -0.2) is 0 Å². The molecular weight excluding hydrogens is 280 g/mol. The molecule has 112 valence electrons. The number of aryl methyl sites for hydroxylation is 2. The van der Waals surface area contributed by atoms with Gasteiger partial charge in [0.15, 0.2) is 0 Å². The minimum atomic E-state index is -0.325. The van der Waals surface area contributed by atoms with E-state index in [-0.39, 0.29) is 11.4 Å². The van der Waals surface area contributed by atoms with Gasteiger partial charge in [-0.1, -0.05) is 25.1 Å². The lowest BCUT2D eigenvalue weighted by Crippen LogP contribution is -2.26. The standard InChI is InChI=1S/C17H22N2OS/c1-3-13-10-14(19(4-2)18-13)11-15(20)17-9-12-7-5-6-8-16(12)21-17/h5-8,10,15,17,20H,3-4,9,11H2,1-2H3. The number of hydrogen-bond acceptors (Lipinski definition) is 3. The van der Waals surface area contributed by atoms with Crippen LogP contribution in [0.3, 0.4) is 0 Å². The van der Waals surface area contributed by atoms with Crippen molar-refractivity contribution >= 4 is 11.8 Å². The molecule has 2 atom stereocenters. The Kier molecular flexibility index (Phi) is 4.36. The van der Waals surface area contributed by atoms with Crippen LogP contribution in [-0.4, -0.2) is 26.2 Å². The summed E-state index contributed by atoms with van der Waals surface area (Å²) in [7, 11) is 0. The number of hydrogen-bond donors (Lipinski definition) is 1. The molecule has 2 heterocycles. The fraction of sp³-hybridized carbons (Fsp3) is 0.471. The summed E-state index contributed by atoms with van der Waals surface area (Å²) in [5.74, 6) is 0. The van der Waals surface area contributed by atoms with Crippen LogP contribution in [0.1, 0.15) is 30.8 Å². The maximum Gasteiger partial charge on any atom is 0.0720 e. The molecule has 3 nitrogen and oxygen atoms in total. The first-order valence-electron chi connectivity index (χ1n) is 7.69. The van der Waals surface area contributed by atoms with Crippen molar-refractivity contribution in [3.63, 3.8) is 0 Å².